The van der Waals surface area contributed by atoms with Gasteiger partial charge >= 0.3 is 12.3 Å². The fourth-order valence-corrected chi connectivity index (χ4v) is 4.70. The third kappa shape index (κ3) is 7.08. The van der Waals surface area contributed by atoms with Gasteiger partial charge in [-0.05, 0) is 25.5 Å². The van der Waals surface area contributed by atoms with Crippen molar-refractivity contribution in [2.75, 3.05) is 10.5 Å². The highest BCUT2D eigenvalue weighted by Gasteiger charge is 2.36. The van der Waals surface area contributed by atoms with Crippen molar-refractivity contribution >= 4 is 21.5 Å². The second-order valence-corrected chi connectivity index (χ2v) is 11.2. The molecule has 0 aliphatic heterocycles. The Kier molecular flexibility index (Phi) is 8.77. The predicted molar refractivity (Wildman–Crippen MR) is 154 cm³/mol. The van der Waals surface area contributed by atoms with Crippen LogP contribution in [-0.4, -0.2) is 91.7 Å². The number of nitrogens with two attached hydrogens (primary N) is 2. The number of ether oxygens (including phenoxy) is 3. The number of aromatic amines is 1. The summed E-state index contributed by atoms with van der Waals surface area (Å²) in [6, 6.07) is 2.36. The van der Waals surface area contributed by atoms with Gasteiger partial charge in [0.2, 0.25) is 23.0 Å². The molecule has 0 aliphatic carbocycles. The van der Waals surface area contributed by atoms with Gasteiger partial charge in [0, 0.05) is 11.8 Å². The highest BCUT2D eigenvalue weighted by molar-refractivity contribution is 7.92. The van der Waals surface area contributed by atoms with E-state index in [1.165, 1.54) is 6.07 Å². The van der Waals surface area contributed by atoms with Crippen LogP contribution < -0.4 is 36.0 Å². The number of hydrogen-bond donors (Lipinski definition) is 14. The molecule has 0 fully saturated rings. The monoisotopic (exact) mass is 699 g/mol. The minimum Gasteiger partial charge on any atom is -0.503 e. The zero-order chi connectivity index (χ0) is 36.1. The molecule has 0 aliphatic rings. The van der Waals surface area contributed by atoms with E-state index in [4.69, 9.17) is 16.2 Å². The average Bonchev–Trinajstić information content (AvgIpc) is 2.95. The Labute approximate surface area is 265 Å². The second kappa shape index (κ2) is 12.0. The van der Waals surface area contributed by atoms with E-state index in [0.29, 0.717) is 5.56 Å². The maximum atomic E-state index is 13.4. The minimum absolute atomic E-state index is 0.351. The number of sulfonamides is 1. The molecule has 1 aromatic carbocycles. The van der Waals surface area contributed by atoms with Gasteiger partial charge in [-0.25, -0.2) is 15.7 Å². The van der Waals surface area contributed by atoms with E-state index in [0.717, 1.165) is 19.2 Å². The lowest BCUT2D eigenvalue weighted by molar-refractivity contribution is -0.420. The van der Waals surface area contributed by atoms with Gasteiger partial charge in [-0.15, -0.1) is 0 Å². The van der Waals surface area contributed by atoms with Crippen LogP contribution in [-0.2, 0) is 10.0 Å². The molecule has 24 heteroatoms. The number of aliphatic hydroxyl groups is 5. The van der Waals surface area contributed by atoms with E-state index in [1.807, 2.05) is 9.71 Å². The Morgan fingerprint density at radius 1 is 0.875 bits per heavy atom. The standard InChI is InChI=1S/C24H25N7O16S/c1-6-3-4-8(27-5-6)48(43,44)31-19-17(45-15-14(35)12(33)10(25)13(34)16(15)46-23(26,38)39)22(47-24(40,41)42)29-18(28-19)9-7(2)20(36)30-21(37)11(9)32/h3-5,32-35,38-42H,25-26H2,1-2H3,(H,28,29,31)(H2,30,36,37). The molecule has 0 bridgehead atoms. The van der Waals surface area contributed by atoms with Crippen LogP contribution in [0.2, 0.25) is 0 Å². The molecule has 258 valence electrons. The number of nitrogens with zero attached hydrogens (tertiary/aromatic N) is 3. The molecule has 16 N–H and O–H groups in total. The lowest BCUT2D eigenvalue weighted by atomic mass is 10.1. The van der Waals surface area contributed by atoms with Crippen molar-refractivity contribution in [3.8, 4) is 63.4 Å². The van der Waals surface area contributed by atoms with E-state index in [2.05, 4.69) is 24.4 Å². The third-order valence-electron chi connectivity index (χ3n) is 5.92. The fourth-order valence-electron chi connectivity index (χ4n) is 3.76. The summed E-state index contributed by atoms with van der Waals surface area (Å²) >= 11 is 0. The van der Waals surface area contributed by atoms with Gasteiger partial charge in [0.25, 0.3) is 21.5 Å². The van der Waals surface area contributed by atoms with E-state index in [9.17, 15) is 64.3 Å². The van der Waals surface area contributed by atoms with Crippen molar-refractivity contribution in [2.24, 2.45) is 5.73 Å². The molecular weight excluding hydrogens is 674 g/mol. The summed E-state index contributed by atoms with van der Waals surface area (Å²) < 4.78 is 43.1. The first-order chi connectivity index (χ1) is 22.0. The summed E-state index contributed by atoms with van der Waals surface area (Å²) in [6.45, 7) is 2.70. The first-order valence-electron chi connectivity index (χ1n) is 12.6. The topological polar surface area (TPSA) is 400 Å². The number of phenolic OH excluding ortho intramolecular Hbond substituents is 3. The molecule has 3 heterocycles. The van der Waals surface area contributed by atoms with Crippen molar-refractivity contribution in [1.82, 2.24) is 19.9 Å². The maximum absolute atomic E-state index is 13.4. The zero-order valence-corrected chi connectivity index (χ0v) is 24.9. The number of nitrogen functional groups attached to an aromatic ring is 1. The SMILES string of the molecule is Cc1ccc(S(=O)(=O)Nc2nc(-c3c(C)c(O)[nH]c(=O)c3O)nc(OC(O)(O)O)c2Oc2c(O)c(O)c(N)c(O)c2OC(N)(O)O)nc1. The highest BCUT2D eigenvalue weighted by atomic mass is 32.2. The maximum Gasteiger partial charge on any atom is 0.454 e. The molecule has 0 atom stereocenters. The number of aromatic nitrogens is 4. The third-order valence-corrected chi connectivity index (χ3v) is 7.18. The number of aromatic hydroxyl groups is 5. The van der Waals surface area contributed by atoms with E-state index < -0.39 is 108 Å². The number of phenols is 3. The summed E-state index contributed by atoms with van der Waals surface area (Å²) in [7, 11) is -4.88. The molecule has 3 aromatic heterocycles. The summed E-state index contributed by atoms with van der Waals surface area (Å²) in [6.07, 6.45) is -6.71. The van der Waals surface area contributed by atoms with Crippen LogP contribution in [0, 0.1) is 13.8 Å². The van der Waals surface area contributed by atoms with Crippen molar-refractivity contribution in [1.29, 1.82) is 0 Å². The van der Waals surface area contributed by atoms with Crippen LogP contribution in [0.1, 0.15) is 11.1 Å². The first kappa shape index (κ1) is 35.0. The normalized spacial score (nSPS) is 12.1. The van der Waals surface area contributed by atoms with Crippen molar-refractivity contribution in [2.45, 2.75) is 31.1 Å². The van der Waals surface area contributed by atoms with Gasteiger partial charge in [-0.2, -0.15) is 13.4 Å². The average molecular weight is 700 g/mol. The lowest BCUT2D eigenvalue weighted by Crippen LogP contribution is -2.45. The van der Waals surface area contributed by atoms with E-state index in [-0.39, 0.29) is 5.56 Å². The van der Waals surface area contributed by atoms with Gasteiger partial charge < -0.3 is 71.0 Å². The summed E-state index contributed by atoms with van der Waals surface area (Å²) in [5.74, 6) is -13.9. The molecule has 23 nitrogen and oxygen atoms in total. The number of H-pyrrole nitrogens is 1. The molecular formula is C24H25N7O16S. The molecule has 0 spiro atoms. The van der Waals surface area contributed by atoms with Gasteiger partial charge in [0.15, 0.2) is 39.8 Å². The van der Waals surface area contributed by atoms with Crippen LogP contribution in [0.3, 0.4) is 0 Å². The minimum atomic E-state index is -4.88. The van der Waals surface area contributed by atoms with E-state index >= 15 is 0 Å². The number of benzene rings is 1. The molecule has 4 aromatic rings. The Morgan fingerprint density at radius 2 is 1.52 bits per heavy atom. The van der Waals surface area contributed by atoms with Crippen molar-refractivity contribution in [3.05, 3.63) is 39.8 Å². The number of rotatable bonds is 10. The first-order valence-corrected chi connectivity index (χ1v) is 14.0. The summed E-state index contributed by atoms with van der Waals surface area (Å²) in [4.78, 5) is 25.4. The molecule has 0 unspecified atom stereocenters. The van der Waals surface area contributed by atoms with Crippen LogP contribution in [0.15, 0.2) is 28.2 Å². The Bertz CT molecular complexity index is 2080. The Morgan fingerprint density at radius 3 is 2.08 bits per heavy atom. The number of aryl methyl sites for hydroxylation is 1. The Hall–Kier alpha value is -5.89. The van der Waals surface area contributed by atoms with Gasteiger partial charge in [0.1, 0.15) is 5.69 Å². The van der Waals surface area contributed by atoms with Crippen LogP contribution in [0.4, 0.5) is 11.5 Å². The van der Waals surface area contributed by atoms with Crippen LogP contribution in [0.5, 0.6) is 52.0 Å². The van der Waals surface area contributed by atoms with Crippen molar-refractivity contribution < 1.29 is 73.7 Å². The van der Waals surface area contributed by atoms with E-state index in [1.54, 1.807) is 6.92 Å². The fraction of sp³-hybridized carbons (Fsp3) is 0.167. The molecule has 48 heavy (non-hydrogen) atoms. The lowest BCUT2D eigenvalue weighted by Gasteiger charge is -2.24. The van der Waals surface area contributed by atoms with Gasteiger partial charge in [-0.1, -0.05) is 6.07 Å². The number of hydrogen-bond acceptors (Lipinski definition) is 21. The largest absolute Gasteiger partial charge is 0.503 e. The van der Waals surface area contributed by atoms with Gasteiger partial charge in [0.05, 0.1) is 5.56 Å². The molecule has 4 rings (SSSR count). The van der Waals surface area contributed by atoms with Crippen LogP contribution >= 0.6 is 0 Å². The van der Waals surface area contributed by atoms with Gasteiger partial charge in [-0.3, -0.25) is 14.5 Å². The summed E-state index contributed by atoms with van der Waals surface area (Å²) in [5, 5.41) is 99.5. The van der Waals surface area contributed by atoms with Crippen LogP contribution in [0.25, 0.3) is 11.4 Å². The van der Waals surface area contributed by atoms with Crippen molar-refractivity contribution in [3.63, 3.8) is 0 Å². The number of nitrogens with one attached hydrogen (secondary N) is 2. The summed E-state index contributed by atoms with van der Waals surface area (Å²) in [5.41, 5.74) is 7.57. The molecule has 0 radical (unpaired) electrons. The zero-order valence-electron chi connectivity index (χ0n) is 24.1. The number of anilines is 2. The highest BCUT2D eigenvalue weighted by Crippen LogP contribution is 2.57. The molecule has 0 saturated carbocycles. The quantitative estimate of drug-likeness (QED) is 0.0350. The number of pyridine rings is 2. The molecule has 0 amide bonds. The smallest absolute Gasteiger partial charge is 0.454 e. The molecule has 0 saturated heterocycles. The Balaban J connectivity index is 2.12. The predicted octanol–water partition coefficient (Wildman–Crippen LogP) is -2.55. The second-order valence-electron chi connectivity index (χ2n) is 9.62.